The molecule has 4 nitrogen and oxygen atoms in total. The summed E-state index contributed by atoms with van der Waals surface area (Å²) in [5.41, 5.74) is 0. The Kier molecular flexibility index (Phi) is 4.28. The van der Waals surface area contributed by atoms with Crippen molar-refractivity contribution in [1.29, 1.82) is 0 Å². The lowest BCUT2D eigenvalue weighted by atomic mass is 10.0. The normalized spacial score (nSPS) is 28.8. The highest BCUT2D eigenvalue weighted by Gasteiger charge is 2.36. The summed E-state index contributed by atoms with van der Waals surface area (Å²) in [4.78, 5) is 16.7. The molecule has 18 heavy (non-hydrogen) atoms. The first-order valence-electron chi connectivity index (χ1n) is 7.25. The van der Waals surface area contributed by atoms with E-state index in [9.17, 15) is 4.79 Å². The zero-order valence-corrected chi connectivity index (χ0v) is 12.1. The monoisotopic (exact) mass is 253 g/mol. The van der Waals surface area contributed by atoms with Crippen molar-refractivity contribution >= 4 is 5.91 Å². The van der Waals surface area contributed by atoms with Crippen LogP contribution in [0.4, 0.5) is 0 Å². The highest BCUT2D eigenvalue weighted by Crippen LogP contribution is 2.25. The summed E-state index contributed by atoms with van der Waals surface area (Å²) in [6, 6.07) is 0.809. The Balaban J connectivity index is 1.82. The number of nitrogens with one attached hydrogen (secondary N) is 1. The average molecular weight is 253 g/mol. The Morgan fingerprint density at radius 1 is 1.44 bits per heavy atom. The summed E-state index contributed by atoms with van der Waals surface area (Å²) in [6.07, 6.45) is 3.79. The lowest BCUT2D eigenvalue weighted by molar-refractivity contribution is -0.130. The van der Waals surface area contributed by atoms with Gasteiger partial charge in [0.15, 0.2) is 0 Å². The third-order valence-corrected chi connectivity index (χ3v) is 4.06. The molecule has 104 valence electrons. The van der Waals surface area contributed by atoms with Crippen LogP contribution in [0.2, 0.25) is 0 Å². The summed E-state index contributed by atoms with van der Waals surface area (Å²) >= 11 is 0. The second kappa shape index (κ2) is 5.57. The number of rotatable bonds is 6. The molecular formula is C14H27N3O. The van der Waals surface area contributed by atoms with Gasteiger partial charge < -0.3 is 9.80 Å². The van der Waals surface area contributed by atoms with Gasteiger partial charge in [-0.15, -0.1) is 0 Å². The van der Waals surface area contributed by atoms with Gasteiger partial charge >= 0.3 is 0 Å². The summed E-state index contributed by atoms with van der Waals surface area (Å²) in [7, 11) is 2.17. The average Bonchev–Trinajstić information content (AvgIpc) is 3.07. The van der Waals surface area contributed by atoms with Crippen molar-refractivity contribution in [2.75, 3.05) is 20.1 Å². The minimum Gasteiger partial charge on any atom is -0.325 e. The molecule has 1 saturated carbocycles. The van der Waals surface area contributed by atoms with E-state index in [1.807, 2.05) is 4.90 Å². The number of likely N-dealkylation sites (N-methyl/N-ethyl adjacent to an activating group) is 1. The molecule has 2 unspecified atom stereocenters. The first-order chi connectivity index (χ1) is 8.49. The molecule has 2 aliphatic rings. The lowest BCUT2D eigenvalue weighted by Gasteiger charge is -2.24. The van der Waals surface area contributed by atoms with Crippen LogP contribution < -0.4 is 5.32 Å². The van der Waals surface area contributed by atoms with E-state index >= 15 is 0 Å². The number of carbonyl (C=O) groups is 1. The van der Waals surface area contributed by atoms with Crippen molar-refractivity contribution in [3.63, 3.8) is 0 Å². The zero-order chi connectivity index (χ0) is 13.3. The van der Waals surface area contributed by atoms with Crippen LogP contribution >= 0.6 is 0 Å². The molecule has 0 bridgehead atoms. The molecule has 1 heterocycles. The maximum Gasteiger partial charge on any atom is 0.241 e. The maximum atomic E-state index is 12.3. The van der Waals surface area contributed by atoms with Crippen LogP contribution in [-0.4, -0.2) is 54.1 Å². The van der Waals surface area contributed by atoms with Gasteiger partial charge in [-0.1, -0.05) is 13.8 Å². The first-order valence-corrected chi connectivity index (χ1v) is 7.25. The van der Waals surface area contributed by atoms with Gasteiger partial charge in [0, 0.05) is 19.1 Å². The van der Waals surface area contributed by atoms with E-state index < -0.39 is 0 Å². The van der Waals surface area contributed by atoms with Gasteiger partial charge in [0.1, 0.15) is 0 Å². The first kappa shape index (κ1) is 13.8. The molecule has 2 rings (SSSR count). The largest absolute Gasteiger partial charge is 0.325 e. The second-order valence-corrected chi connectivity index (χ2v) is 6.27. The van der Waals surface area contributed by atoms with Gasteiger partial charge in [-0.3, -0.25) is 10.1 Å². The highest BCUT2D eigenvalue weighted by atomic mass is 16.2. The van der Waals surface area contributed by atoms with E-state index in [1.54, 1.807) is 0 Å². The molecule has 0 aromatic carbocycles. The van der Waals surface area contributed by atoms with Crippen LogP contribution in [-0.2, 0) is 4.79 Å². The van der Waals surface area contributed by atoms with Crippen molar-refractivity contribution in [3.05, 3.63) is 0 Å². The number of carbonyl (C=O) groups excluding carboxylic acids is 1. The van der Waals surface area contributed by atoms with Gasteiger partial charge in [0.25, 0.3) is 0 Å². The predicted molar refractivity (Wildman–Crippen MR) is 73.2 cm³/mol. The topological polar surface area (TPSA) is 35.6 Å². The molecule has 1 amide bonds. The van der Waals surface area contributed by atoms with Gasteiger partial charge in [0.2, 0.25) is 5.91 Å². The lowest BCUT2D eigenvalue weighted by Crippen LogP contribution is -2.40. The Hall–Kier alpha value is -0.610. The van der Waals surface area contributed by atoms with Crippen molar-refractivity contribution < 1.29 is 4.79 Å². The molecule has 1 N–H and O–H groups in total. The quantitative estimate of drug-likeness (QED) is 0.774. The van der Waals surface area contributed by atoms with Crippen molar-refractivity contribution in [2.45, 2.75) is 58.3 Å². The van der Waals surface area contributed by atoms with Gasteiger partial charge in [0.05, 0.1) is 12.2 Å². The predicted octanol–water partition coefficient (Wildman–Crippen LogP) is 1.27. The van der Waals surface area contributed by atoms with E-state index in [-0.39, 0.29) is 12.2 Å². The summed E-state index contributed by atoms with van der Waals surface area (Å²) in [6.45, 7) is 8.28. The second-order valence-electron chi connectivity index (χ2n) is 6.27. The molecule has 0 spiro atoms. The summed E-state index contributed by atoms with van der Waals surface area (Å²) < 4.78 is 0. The van der Waals surface area contributed by atoms with E-state index in [0.717, 1.165) is 25.6 Å². The molecule has 0 aromatic heterocycles. The minimum atomic E-state index is 0.0335. The van der Waals surface area contributed by atoms with Gasteiger partial charge in [-0.2, -0.15) is 0 Å². The fourth-order valence-corrected chi connectivity index (χ4v) is 2.75. The molecule has 1 aliphatic carbocycles. The van der Waals surface area contributed by atoms with Crippen LogP contribution in [0.5, 0.6) is 0 Å². The van der Waals surface area contributed by atoms with Crippen LogP contribution in [0.25, 0.3) is 0 Å². The zero-order valence-electron chi connectivity index (χ0n) is 12.1. The molecule has 2 fully saturated rings. The highest BCUT2D eigenvalue weighted by molar-refractivity contribution is 5.84. The Morgan fingerprint density at radius 2 is 2.11 bits per heavy atom. The Labute approximate surface area is 111 Å². The third kappa shape index (κ3) is 3.23. The van der Waals surface area contributed by atoms with Crippen LogP contribution in [0.1, 0.15) is 40.0 Å². The summed E-state index contributed by atoms with van der Waals surface area (Å²) in [5, 5.41) is 3.41. The number of hydrogen-bond acceptors (Lipinski definition) is 3. The molecule has 1 saturated heterocycles. The van der Waals surface area contributed by atoms with Crippen molar-refractivity contribution in [1.82, 2.24) is 15.1 Å². The SMILES string of the molecule is CC(C)CC1NC(C)N(CCN(C)C2CC2)C1=O. The van der Waals surface area contributed by atoms with Crippen molar-refractivity contribution in [3.8, 4) is 0 Å². The van der Waals surface area contributed by atoms with Gasteiger partial charge in [-0.05, 0) is 39.2 Å². The standard InChI is InChI=1S/C14H27N3O/c1-10(2)9-13-14(18)17(11(3)15-13)8-7-16(4)12-5-6-12/h10-13,15H,5-9H2,1-4H3. The fraction of sp³-hybridized carbons (Fsp3) is 0.929. The van der Waals surface area contributed by atoms with Crippen LogP contribution in [0, 0.1) is 5.92 Å². The van der Waals surface area contributed by atoms with Crippen LogP contribution in [0.15, 0.2) is 0 Å². The Morgan fingerprint density at radius 3 is 2.67 bits per heavy atom. The van der Waals surface area contributed by atoms with E-state index in [1.165, 1.54) is 12.8 Å². The van der Waals surface area contributed by atoms with E-state index in [0.29, 0.717) is 11.8 Å². The maximum absolute atomic E-state index is 12.3. The molecular weight excluding hydrogens is 226 g/mol. The Bertz CT molecular complexity index is 301. The van der Waals surface area contributed by atoms with Crippen molar-refractivity contribution in [2.24, 2.45) is 5.92 Å². The van der Waals surface area contributed by atoms with E-state index in [4.69, 9.17) is 0 Å². The minimum absolute atomic E-state index is 0.0335. The fourth-order valence-electron chi connectivity index (χ4n) is 2.75. The summed E-state index contributed by atoms with van der Waals surface area (Å²) in [5.74, 6) is 0.855. The smallest absolute Gasteiger partial charge is 0.241 e. The molecule has 1 aliphatic heterocycles. The molecule has 0 aromatic rings. The molecule has 2 atom stereocenters. The molecule has 4 heteroatoms. The molecule has 0 radical (unpaired) electrons. The number of nitrogens with zero attached hydrogens (tertiary/aromatic N) is 2. The van der Waals surface area contributed by atoms with E-state index in [2.05, 4.69) is 38.0 Å². The van der Waals surface area contributed by atoms with Gasteiger partial charge in [-0.25, -0.2) is 0 Å². The number of amides is 1. The van der Waals surface area contributed by atoms with Crippen LogP contribution in [0.3, 0.4) is 0 Å². The number of hydrogen-bond donors (Lipinski definition) is 1. The third-order valence-electron chi connectivity index (χ3n) is 4.06.